The van der Waals surface area contributed by atoms with Crippen molar-refractivity contribution in [2.24, 2.45) is 5.92 Å². The molecule has 3 heteroatoms. The quantitative estimate of drug-likeness (QED) is 0.544. The topological polar surface area (TPSA) is 12.5 Å². The van der Waals surface area contributed by atoms with Gasteiger partial charge in [0.25, 0.3) is 0 Å². The van der Waals surface area contributed by atoms with Crippen LogP contribution >= 0.6 is 22.6 Å². The Balaban J connectivity index is 2.76. The van der Waals surface area contributed by atoms with E-state index in [4.69, 9.17) is 4.74 Å². The first-order valence-corrected chi connectivity index (χ1v) is 7.94. The van der Waals surface area contributed by atoms with Crippen LogP contribution in [-0.4, -0.2) is 40.2 Å². The third-order valence-electron chi connectivity index (χ3n) is 3.59. The fourth-order valence-corrected chi connectivity index (χ4v) is 3.92. The van der Waals surface area contributed by atoms with Crippen LogP contribution in [0.25, 0.3) is 0 Å². The normalized spacial score (nSPS) is 30.2. The lowest BCUT2D eigenvalue weighted by Gasteiger charge is -2.56. The highest BCUT2D eigenvalue weighted by molar-refractivity contribution is 14.1. The summed E-state index contributed by atoms with van der Waals surface area (Å²) in [6, 6.07) is 0.610. The van der Waals surface area contributed by atoms with E-state index in [2.05, 4.69) is 62.1 Å². The standard InChI is InChI=1S/C13H26INO/c1-6-15(11(4)5)13(8-14)9-16-12(13)7-10(2)3/h10-12H,6-9H2,1-5H3. The molecule has 1 saturated heterocycles. The van der Waals surface area contributed by atoms with Gasteiger partial charge in [-0.05, 0) is 32.7 Å². The van der Waals surface area contributed by atoms with E-state index < -0.39 is 0 Å². The molecule has 0 saturated carbocycles. The van der Waals surface area contributed by atoms with Crippen LogP contribution in [0.5, 0.6) is 0 Å². The van der Waals surface area contributed by atoms with Crippen LogP contribution in [0.3, 0.4) is 0 Å². The molecule has 2 nitrogen and oxygen atoms in total. The molecule has 1 rings (SSSR count). The number of halogens is 1. The van der Waals surface area contributed by atoms with Gasteiger partial charge in [-0.1, -0.05) is 43.4 Å². The van der Waals surface area contributed by atoms with Crippen LogP contribution in [0.15, 0.2) is 0 Å². The summed E-state index contributed by atoms with van der Waals surface area (Å²) in [7, 11) is 0. The summed E-state index contributed by atoms with van der Waals surface area (Å²) in [6.07, 6.45) is 1.62. The van der Waals surface area contributed by atoms with Crippen LogP contribution in [0.4, 0.5) is 0 Å². The molecular weight excluding hydrogens is 313 g/mol. The maximum Gasteiger partial charge on any atom is 0.0799 e. The lowest BCUT2D eigenvalue weighted by atomic mass is 9.82. The summed E-state index contributed by atoms with van der Waals surface area (Å²) in [4.78, 5) is 2.62. The fourth-order valence-electron chi connectivity index (χ4n) is 2.77. The number of alkyl halides is 1. The minimum Gasteiger partial charge on any atom is -0.374 e. The average Bonchev–Trinajstić information content (AvgIpc) is 2.19. The largest absolute Gasteiger partial charge is 0.374 e. The first kappa shape index (κ1) is 14.7. The Labute approximate surface area is 114 Å². The van der Waals surface area contributed by atoms with E-state index in [0.717, 1.165) is 19.1 Å². The Hall–Kier alpha value is 0.650. The minimum absolute atomic E-state index is 0.299. The zero-order valence-corrected chi connectivity index (χ0v) is 13.5. The van der Waals surface area contributed by atoms with Crippen LogP contribution in [0.1, 0.15) is 41.0 Å². The van der Waals surface area contributed by atoms with E-state index in [-0.39, 0.29) is 0 Å². The van der Waals surface area contributed by atoms with Crippen molar-refractivity contribution in [1.82, 2.24) is 4.90 Å². The minimum atomic E-state index is 0.299. The molecule has 0 amide bonds. The van der Waals surface area contributed by atoms with Gasteiger partial charge >= 0.3 is 0 Å². The van der Waals surface area contributed by atoms with Gasteiger partial charge in [0, 0.05) is 10.5 Å². The zero-order chi connectivity index (χ0) is 12.3. The molecule has 0 aromatic rings. The second-order valence-electron chi connectivity index (χ2n) is 5.55. The van der Waals surface area contributed by atoms with Crippen LogP contribution < -0.4 is 0 Å². The molecule has 0 aromatic heterocycles. The van der Waals surface area contributed by atoms with Gasteiger partial charge in [-0.15, -0.1) is 0 Å². The summed E-state index contributed by atoms with van der Waals surface area (Å²) in [5.74, 6) is 0.721. The Kier molecular flexibility index (Phi) is 5.52. The second kappa shape index (κ2) is 6.01. The number of nitrogens with zero attached hydrogens (tertiary/aromatic N) is 1. The number of rotatable bonds is 6. The number of hydrogen-bond donors (Lipinski definition) is 0. The summed E-state index contributed by atoms with van der Waals surface area (Å²) in [6.45, 7) is 13.5. The maximum atomic E-state index is 5.83. The van der Waals surface area contributed by atoms with E-state index in [1.807, 2.05) is 0 Å². The van der Waals surface area contributed by atoms with E-state index in [1.165, 1.54) is 10.8 Å². The predicted molar refractivity (Wildman–Crippen MR) is 78.3 cm³/mol. The molecule has 16 heavy (non-hydrogen) atoms. The van der Waals surface area contributed by atoms with Crippen molar-refractivity contribution in [2.45, 2.75) is 58.7 Å². The van der Waals surface area contributed by atoms with Crippen LogP contribution in [-0.2, 0) is 4.74 Å². The van der Waals surface area contributed by atoms with Gasteiger partial charge in [-0.25, -0.2) is 0 Å². The SMILES string of the molecule is CCN(C(C)C)C1(CI)COC1CC(C)C. The van der Waals surface area contributed by atoms with Crippen LogP contribution in [0, 0.1) is 5.92 Å². The number of hydrogen-bond acceptors (Lipinski definition) is 2. The summed E-state index contributed by atoms with van der Waals surface area (Å²) in [5, 5.41) is 0. The van der Waals surface area contributed by atoms with Crippen molar-refractivity contribution in [2.75, 3.05) is 17.6 Å². The first-order chi connectivity index (χ1) is 7.47. The first-order valence-electron chi connectivity index (χ1n) is 6.42. The van der Waals surface area contributed by atoms with Crippen molar-refractivity contribution in [3.05, 3.63) is 0 Å². The third-order valence-corrected chi connectivity index (χ3v) is 4.91. The lowest BCUT2D eigenvalue weighted by molar-refractivity contribution is -0.201. The van der Waals surface area contributed by atoms with E-state index in [9.17, 15) is 0 Å². The van der Waals surface area contributed by atoms with Crippen molar-refractivity contribution in [3.63, 3.8) is 0 Å². The molecule has 1 fully saturated rings. The van der Waals surface area contributed by atoms with E-state index in [1.54, 1.807) is 0 Å². The maximum absolute atomic E-state index is 5.83. The molecule has 1 heterocycles. The Morgan fingerprint density at radius 3 is 2.25 bits per heavy atom. The molecule has 2 unspecified atom stereocenters. The average molecular weight is 339 g/mol. The summed E-state index contributed by atoms with van der Waals surface area (Å²) in [5.41, 5.74) is 0.299. The molecule has 0 bridgehead atoms. The van der Waals surface area contributed by atoms with Gasteiger partial charge in [-0.3, -0.25) is 4.90 Å². The molecule has 0 aliphatic carbocycles. The van der Waals surface area contributed by atoms with Gasteiger partial charge in [-0.2, -0.15) is 0 Å². The number of likely N-dealkylation sites (N-methyl/N-ethyl adjacent to an activating group) is 1. The predicted octanol–water partition coefficient (Wildman–Crippen LogP) is 3.34. The Morgan fingerprint density at radius 1 is 1.38 bits per heavy atom. The van der Waals surface area contributed by atoms with Crippen molar-refractivity contribution >= 4 is 22.6 Å². The van der Waals surface area contributed by atoms with Gasteiger partial charge < -0.3 is 4.74 Å². The Morgan fingerprint density at radius 2 is 2.00 bits per heavy atom. The fraction of sp³-hybridized carbons (Fsp3) is 1.00. The third kappa shape index (κ3) is 2.72. The monoisotopic (exact) mass is 339 g/mol. The molecule has 0 radical (unpaired) electrons. The highest BCUT2D eigenvalue weighted by Gasteiger charge is 2.51. The van der Waals surface area contributed by atoms with Crippen molar-refractivity contribution in [1.29, 1.82) is 0 Å². The second-order valence-corrected chi connectivity index (χ2v) is 6.31. The Bertz CT molecular complexity index is 216. The summed E-state index contributed by atoms with van der Waals surface area (Å²) >= 11 is 2.53. The van der Waals surface area contributed by atoms with Crippen molar-refractivity contribution < 1.29 is 4.74 Å². The molecule has 0 aromatic carbocycles. The van der Waals surface area contributed by atoms with Crippen LogP contribution in [0.2, 0.25) is 0 Å². The highest BCUT2D eigenvalue weighted by atomic mass is 127. The zero-order valence-electron chi connectivity index (χ0n) is 11.3. The number of ether oxygens (including phenoxy) is 1. The molecule has 1 aliphatic rings. The molecule has 96 valence electrons. The van der Waals surface area contributed by atoms with Gasteiger partial charge in [0.05, 0.1) is 18.2 Å². The van der Waals surface area contributed by atoms with Crippen molar-refractivity contribution in [3.8, 4) is 0 Å². The van der Waals surface area contributed by atoms with E-state index >= 15 is 0 Å². The van der Waals surface area contributed by atoms with Gasteiger partial charge in [0.2, 0.25) is 0 Å². The summed E-state index contributed by atoms with van der Waals surface area (Å²) < 4.78 is 7.01. The smallest absolute Gasteiger partial charge is 0.0799 e. The highest BCUT2D eigenvalue weighted by Crippen LogP contribution is 2.38. The van der Waals surface area contributed by atoms with Gasteiger partial charge in [0.1, 0.15) is 0 Å². The van der Waals surface area contributed by atoms with Gasteiger partial charge in [0.15, 0.2) is 0 Å². The molecule has 1 aliphatic heterocycles. The molecule has 2 atom stereocenters. The molecule has 0 spiro atoms. The van der Waals surface area contributed by atoms with E-state index in [0.29, 0.717) is 17.7 Å². The lowest BCUT2D eigenvalue weighted by Crippen LogP contribution is -2.71. The molecule has 0 N–H and O–H groups in total. The molecular formula is C13H26INO.